The molecule has 0 radical (unpaired) electrons. The van der Waals surface area contributed by atoms with Crippen LogP contribution in [0.15, 0.2) is 28.6 Å². The van der Waals surface area contributed by atoms with Crippen LogP contribution < -0.4 is 4.72 Å². The van der Waals surface area contributed by atoms with Crippen LogP contribution in [-0.2, 0) is 10.0 Å². The lowest BCUT2D eigenvalue weighted by Gasteiger charge is -2.07. The van der Waals surface area contributed by atoms with Crippen molar-refractivity contribution in [2.75, 3.05) is 4.72 Å². The van der Waals surface area contributed by atoms with Gasteiger partial charge in [-0.05, 0) is 18.2 Å². The highest BCUT2D eigenvalue weighted by atomic mass is 35.5. The lowest BCUT2D eigenvalue weighted by molar-refractivity contribution is 0.603. The molecule has 0 bridgehead atoms. The third kappa shape index (κ3) is 3.16. The van der Waals surface area contributed by atoms with Crippen LogP contribution in [0, 0.1) is 11.3 Å². The summed E-state index contributed by atoms with van der Waals surface area (Å²) in [5, 5.41) is 9.24. The first-order chi connectivity index (χ1) is 8.92. The second kappa shape index (κ2) is 5.35. The van der Waals surface area contributed by atoms with Crippen molar-refractivity contribution in [2.45, 2.75) is 4.21 Å². The second-order valence-electron chi connectivity index (χ2n) is 3.34. The molecule has 0 aliphatic rings. The van der Waals surface area contributed by atoms with Crippen LogP contribution in [0.5, 0.6) is 0 Å². The van der Waals surface area contributed by atoms with Crippen LogP contribution in [0.25, 0.3) is 0 Å². The minimum absolute atomic E-state index is 0.0404. The van der Waals surface area contributed by atoms with E-state index in [1.54, 1.807) is 0 Å². The molecule has 0 atom stereocenters. The van der Waals surface area contributed by atoms with Gasteiger partial charge in [0, 0.05) is 5.02 Å². The molecule has 9 heteroatoms. The fraction of sp³-hybridized carbons (Fsp3) is 0. The van der Waals surface area contributed by atoms with Crippen LogP contribution in [0.3, 0.4) is 0 Å². The summed E-state index contributed by atoms with van der Waals surface area (Å²) in [6.45, 7) is 0. The van der Waals surface area contributed by atoms with Gasteiger partial charge in [0.25, 0.3) is 10.0 Å². The zero-order valence-corrected chi connectivity index (χ0v) is 12.2. The van der Waals surface area contributed by atoms with Gasteiger partial charge in [-0.2, -0.15) is 5.26 Å². The van der Waals surface area contributed by atoms with E-state index >= 15 is 0 Å². The molecule has 0 unspecified atom stereocenters. The molecule has 98 valence electrons. The predicted octanol–water partition coefficient (Wildman–Crippen LogP) is 3.12. The van der Waals surface area contributed by atoms with Crippen molar-refractivity contribution in [1.82, 2.24) is 4.98 Å². The molecular formula is C10H5Cl2N3O2S2. The van der Waals surface area contributed by atoms with Crippen LogP contribution in [0.4, 0.5) is 5.69 Å². The standard InChI is InChI=1S/C10H5Cl2N3O2S2/c11-7-2-1-6(4-13)8(3-7)15-19(16,17)9-5-14-10(12)18-9/h1-3,5,15H. The van der Waals surface area contributed by atoms with E-state index in [0.29, 0.717) is 5.02 Å². The van der Waals surface area contributed by atoms with Gasteiger partial charge in [0.05, 0.1) is 17.4 Å². The third-order valence-electron chi connectivity index (χ3n) is 2.07. The fourth-order valence-corrected chi connectivity index (χ4v) is 3.79. The maximum atomic E-state index is 12.0. The van der Waals surface area contributed by atoms with Gasteiger partial charge < -0.3 is 0 Å². The molecule has 2 rings (SSSR count). The minimum Gasteiger partial charge on any atom is -0.278 e. The molecule has 2 aromatic rings. The number of anilines is 1. The summed E-state index contributed by atoms with van der Waals surface area (Å²) in [5.41, 5.74) is 0.281. The third-order valence-corrected chi connectivity index (χ3v) is 5.24. The Hall–Kier alpha value is -1.33. The zero-order chi connectivity index (χ0) is 14.0. The average Bonchev–Trinajstić information content (AvgIpc) is 2.76. The van der Waals surface area contributed by atoms with E-state index in [1.165, 1.54) is 18.2 Å². The van der Waals surface area contributed by atoms with Gasteiger partial charge >= 0.3 is 0 Å². The van der Waals surface area contributed by atoms with Gasteiger partial charge in [-0.3, -0.25) is 4.72 Å². The van der Waals surface area contributed by atoms with Gasteiger partial charge in [0.2, 0.25) is 0 Å². The Morgan fingerprint density at radius 1 is 1.37 bits per heavy atom. The average molecular weight is 334 g/mol. The van der Waals surface area contributed by atoms with Gasteiger partial charge in [0.1, 0.15) is 6.07 Å². The highest BCUT2D eigenvalue weighted by molar-refractivity contribution is 7.94. The van der Waals surface area contributed by atoms with E-state index in [9.17, 15) is 8.42 Å². The molecule has 0 saturated heterocycles. The highest BCUT2D eigenvalue weighted by Gasteiger charge is 2.19. The molecule has 1 heterocycles. The molecule has 0 spiro atoms. The lowest BCUT2D eigenvalue weighted by atomic mass is 10.2. The predicted molar refractivity (Wildman–Crippen MR) is 74.1 cm³/mol. The zero-order valence-electron chi connectivity index (χ0n) is 9.09. The second-order valence-corrected chi connectivity index (χ2v) is 7.30. The quantitative estimate of drug-likeness (QED) is 0.935. The minimum atomic E-state index is -3.83. The number of aromatic nitrogens is 1. The molecule has 1 aromatic carbocycles. The Labute approximate surface area is 123 Å². The monoisotopic (exact) mass is 333 g/mol. The van der Waals surface area contributed by atoms with Crippen molar-refractivity contribution in [3.63, 3.8) is 0 Å². The number of halogens is 2. The van der Waals surface area contributed by atoms with E-state index < -0.39 is 10.0 Å². The number of nitrogens with zero attached hydrogens (tertiary/aromatic N) is 2. The van der Waals surface area contributed by atoms with Crippen molar-refractivity contribution < 1.29 is 8.42 Å². The lowest BCUT2D eigenvalue weighted by Crippen LogP contribution is -2.12. The number of nitrogens with one attached hydrogen (secondary N) is 1. The topological polar surface area (TPSA) is 82.9 Å². The van der Waals surface area contributed by atoms with E-state index in [1.807, 2.05) is 6.07 Å². The molecule has 5 nitrogen and oxygen atoms in total. The van der Waals surface area contributed by atoms with Crippen molar-refractivity contribution in [2.24, 2.45) is 0 Å². The van der Waals surface area contributed by atoms with Crippen molar-refractivity contribution in [3.05, 3.63) is 39.4 Å². The van der Waals surface area contributed by atoms with E-state index in [2.05, 4.69) is 9.71 Å². The first kappa shape index (κ1) is 14.1. The normalized spacial score (nSPS) is 11.0. The maximum Gasteiger partial charge on any atom is 0.273 e. The van der Waals surface area contributed by atoms with Crippen LogP contribution in [0.1, 0.15) is 5.56 Å². The summed E-state index contributed by atoms with van der Waals surface area (Å²) >= 11 is 12.2. The highest BCUT2D eigenvalue weighted by Crippen LogP contribution is 2.27. The Morgan fingerprint density at radius 3 is 2.68 bits per heavy atom. The number of thiazole rings is 1. The van der Waals surface area contributed by atoms with Crippen LogP contribution in [0.2, 0.25) is 9.49 Å². The summed E-state index contributed by atoms with van der Waals surface area (Å²) in [7, 11) is -3.83. The van der Waals surface area contributed by atoms with Crippen molar-refractivity contribution in [1.29, 1.82) is 5.26 Å². The molecule has 19 heavy (non-hydrogen) atoms. The molecular weight excluding hydrogens is 329 g/mol. The smallest absolute Gasteiger partial charge is 0.273 e. The molecule has 0 aliphatic heterocycles. The largest absolute Gasteiger partial charge is 0.278 e. The fourth-order valence-electron chi connectivity index (χ4n) is 1.26. The van der Waals surface area contributed by atoms with Gasteiger partial charge in [-0.25, -0.2) is 13.4 Å². The Morgan fingerprint density at radius 2 is 2.11 bits per heavy atom. The summed E-state index contributed by atoms with van der Waals surface area (Å²) in [4.78, 5) is 3.66. The number of rotatable bonds is 3. The van der Waals surface area contributed by atoms with Crippen molar-refractivity contribution in [3.8, 4) is 6.07 Å². The molecule has 1 aromatic heterocycles. The Kier molecular flexibility index (Phi) is 3.96. The van der Waals surface area contributed by atoms with Crippen molar-refractivity contribution >= 4 is 50.2 Å². The number of sulfonamides is 1. The van der Waals surface area contributed by atoms with Crippen LogP contribution >= 0.6 is 34.5 Å². The number of benzene rings is 1. The van der Waals surface area contributed by atoms with Gasteiger partial charge in [-0.1, -0.05) is 34.5 Å². The van der Waals surface area contributed by atoms with E-state index in [0.717, 1.165) is 17.5 Å². The number of hydrogen-bond acceptors (Lipinski definition) is 5. The molecule has 0 aliphatic carbocycles. The first-order valence-electron chi connectivity index (χ1n) is 4.76. The summed E-state index contributed by atoms with van der Waals surface area (Å²) in [6, 6.07) is 6.17. The molecule has 0 amide bonds. The maximum absolute atomic E-state index is 12.0. The van der Waals surface area contributed by atoms with E-state index in [-0.39, 0.29) is 19.9 Å². The van der Waals surface area contributed by atoms with Gasteiger partial charge in [0.15, 0.2) is 8.68 Å². The Bertz CT molecular complexity index is 765. The van der Waals surface area contributed by atoms with Gasteiger partial charge in [-0.15, -0.1) is 0 Å². The molecule has 0 fully saturated rings. The summed E-state index contributed by atoms with van der Waals surface area (Å²) < 4.78 is 26.4. The number of hydrogen-bond donors (Lipinski definition) is 1. The SMILES string of the molecule is N#Cc1ccc(Cl)cc1NS(=O)(=O)c1cnc(Cl)s1. The number of nitriles is 1. The summed E-state index contributed by atoms with van der Waals surface area (Å²) in [6.07, 6.45) is 1.14. The molecule has 0 saturated carbocycles. The van der Waals surface area contributed by atoms with Crippen LogP contribution in [-0.4, -0.2) is 13.4 Å². The first-order valence-corrected chi connectivity index (χ1v) is 7.82. The van der Waals surface area contributed by atoms with E-state index in [4.69, 9.17) is 28.5 Å². The summed E-state index contributed by atoms with van der Waals surface area (Å²) in [5.74, 6) is 0. The molecule has 1 N–H and O–H groups in total. The Balaban J connectivity index is 2.41.